The van der Waals surface area contributed by atoms with Crippen LogP contribution in [0.5, 0.6) is 5.75 Å². The number of amides is 1. The van der Waals surface area contributed by atoms with Crippen molar-refractivity contribution in [3.8, 4) is 5.75 Å². The van der Waals surface area contributed by atoms with Crippen LogP contribution in [-0.4, -0.2) is 30.1 Å². The number of rotatable bonds is 9. The highest BCUT2D eigenvalue weighted by Crippen LogP contribution is 2.23. The number of carboxylic acid groups (broad SMARTS) is 1. The predicted octanol–water partition coefficient (Wildman–Crippen LogP) is 2.59. The fourth-order valence-corrected chi connectivity index (χ4v) is 1.93. The molecule has 0 aromatic heterocycles. The van der Waals surface area contributed by atoms with Crippen LogP contribution < -0.4 is 10.1 Å². The van der Waals surface area contributed by atoms with E-state index < -0.39 is 5.97 Å². The first kappa shape index (κ1) is 16.5. The third-order valence-electron chi connectivity index (χ3n) is 2.53. The zero-order valence-corrected chi connectivity index (χ0v) is 12.7. The lowest BCUT2D eigenvalue weighted by atomic mass is 10.3. The van der Waals surface area contributed by atoms with Crippen molar-refractivity contribution >= 4 is 27.8 Å². The highest BCUT2D eigenvalue weighted by atomic mass is 79.9. The van der Waals surface area contributed by atoms with Crippen molar-refractivity contribution in [2.75, 3.05) is 13.2 Å². The van der Waals surface area contributed by atoms with E-state index >= 15 is 0 Å². The van der Waals surface area contributed by atoms with Gasteiger partial charge in [-0.1, -0.05) is 12.1 Å². The summed E-state index contributed by atoms with van der Waals surface area (Å²) in [6, 6.07) is 7.54. The molecule has 1 aromatic carbocycles. The molecule has 6 heteroatoms. The van der Waals surface area contributed by atoms with Crippen LogP contribution in [0.1, 0.15) is 25.7 Å². The number of nitrogens with one attached hydrogen (secondary N) is 1. The summed E-state index contributed by atoms with van der Waals surface area (Å²) in [6.45, 7) is 0.862. The minimum atomic E-state index is -0.846. The predicted molar refractivity (Wildman–Crippen MR) is 78.8 cm³/mol. The Bertz CT molecular complexity index is 451. The highest BCUT2D eigenvalue weighted by molar-refractivity contribution is 9.10. The first-order valence-electron chi connectivity index (χ1n) is 6.45. The van der Waals surface area contributed by atoms with Gasteiger partial charge in [-0.15, -0.1) is 0 Å². The van der Waals surface area contributed by atoms with Gasteiger partial charge in [-0.25, -0.2) is 0 Å². The molecular weight excluding hydrogens is 326 g/mol. The second-order valence-electron chi connectivity index (χ2n) is 4.23. The molecule has 110 valence electrons. The van der Waals surface area contributed by atoms with Crippen molar-refractivity contribution in [1.29, 1.82) is 0 Å². The van der Waals surface area contributed by atoms with Gasteiger partial charge < -0.3 is 15.2 Å². The highest BCUT2D eigenvalue weighted by Gasteiger charge is 2.03. The quantitative estimate of drug-likeness (QED) is 0.675. The molecule has 0 radical (unpaired) electrons. The molecule has 1 rings (SSSR count). The Morgan fingerprint density at radius 2 is 1.95 bits per heavy atom. The normalized spacial score (nSPS) is 10.1. The topological polar surface area (TPSA) is 75.6 Å². The average molecular weight is 344 g/mol. The van der Waals surface area contributed by atoms with Crippen LogP contribution in [0.3, 0.4) is 0 Å². The zero-order valence-electron chi connectivity index (χ0n) is 11.1. The Kier molecular flexibility index (Phi) is 7.72. The van der Waals surface area contributed by atoms with Crippen molar-refractivity contribution in [2.45, 2.75) is 25.7 Å². The molecule has 0 aliphatic heterocycles. The smallest absolute Gasteiger partial charge is 0.303 e. The molecule has 0 aliphatic rings. The lowest BCUT2D eigenvalue weighted by Gasteiger charge is -2.08. The number of benzene rings is 1. The van der Waals surface area contributed by atoms with E-state index in [9.17, 15) is 9.59 Å². The van der Waals surface area contributed by atoms with E-state index in [2.05, 4.69) is 21.2 Å². The number of hydrogen-bond acceptors (Lipinski definition) is 3. The van der Waals surface area contributed by atoms with Crippen LogP contribution in [0.15, 0.2) is 28.7 Å². The van der Waals surface area contributed by atoms with Gasteiger partial charge in [-0.05, 0) is 40.9 Å². The maximum atomic E-state index is 11.4. The van der Waals surface area contributed by atoms with Crippen molar-refractivity contribution in [3.05, 3.63) is 28.7 Å². The molecule has 0 unspecified atom stereocenters. The average Bonchev–Trinajstić information content (AvgIpc) is 2.41. The van der Waals surface area contributed by atoms with E-state index in [1.165, 1.54) is 0 Å². The molecule has 0 saturated heterocycles. The van der Waals surface area contributed by atoms with E-state index in [1.54, 1.807) is 0 Å². The molecule has 20 heavy (non-hydrogen) atoms. The Hall–Kier alpha value is -1.56. The summed E-state index contributed by atoms with van der Waals surface area (Å²) in [5.74, 6) is -0.165. The first-order valence-corrected chi connectivity index (χ1v) is 7.24. The van der Waals surface area contributed by atoms with E-state index in [0.717, 1.165) is 10.2 Å². The molecule has 0 heterocycles. The summed E-state index contributed by atoms with van der Waals surface area (Å²) in [5, 5.41) is 11.1. The second kappa shape index (κ2) is 9.36. The molecular formula is C14H18BrNO4. The van der Waals surface area contributed by atoms with Crippen LogP contribution in [0, 0.1) is 0 Å². The Morgan fingerprint density at radius 3 is 2.65 bits per heavy atom. The molecule has 0 fully saturated rings. The summed E-state index contributed by atoms with van der Waals surface area (Å²) in [7, 11) is 0. The number of hydrogen-bond donors (Lipinski definition) is 2. The van der Waals surface area contributed by atoms with Gasteiger partial charge in [0.2, 0.25) is 5.91 Å². The summed E-state index contributed by atoms with van der Waals surface area (Å²) in [6.07, 6.45) is 1.52. The Morgan fingerprint density at radius 1 is 1.20 bits per heavy atom. The zero-order chi connectivity index (χ0) is 14.8. The van der Waals surface area contributed by atoms with Gasteiger partial charge >= 0.3 is 5.97 Å². The minimum absolute atomic E-state index is 0.0748. The lowest BCUT2D eigenvalue weighted by Crippen LogP contribution is -2.25. The number of carbonyl (C=O) groups is 2. The molecule has 1 aromatic rings. The number of carboxylic acids is 1. The van der Waals surface area contributed by atoms with Crippen molar-refractivity contribution < 1.29 is 19.4 Å². The van der Waals surface area contributed by atoms with Crippen molar-refractivity contribution in [2.24, 2.45) is 0 Å². The molecule has 0 bridgehead atoms. The Labute approximate surface area is 126 Å². The molecule has 0 atom stereocenters. The molecule has 1 amide bonds. The maximum absolute atomic E-state index is 11.4. The van der Waals surface area contributed by atoms with Crippen LogP contribution in [0.2, 0.25) is 0 Å². The fourth-order valence-electron chi connectivity index (χ4n) is 1.53. The fraction of sp³-hybridized carbons (Fsp3) is 0.429. The van der Waals surface area contributed by atoms with Gasteiger partial charge in [-0.2, -0.15) is 0 Å². The Balaban J connectivity index is 2.07. The monoisotopic (exact) mass is 343 g/mol. The standard InChI is InChI=1S/C14H18BrNO4/c15-11-5-1-2-6-12(11)20-10-4-7-13(17)16-9-3-8-14(18)19/h1-2,5-6H,3-4,7-10H2,(H,16,17)(H,18,19). The van der Waals surface area contributed by atoms with Gasteiger partial charge in [0.25, 0.3) is 0 Å². The SMILES string of the molecule is O=C(O)CCCNC(=O)CCCOc1ccccc1Br. The largest absolute Gasteiger partial charge is 0.492 e. The molecule has 0 aliphatic carbocycles. The molecule has 0 saturated carbocycles. The number of carbonyl (C=O) groups excluding carboxylic acids is 1. The number of halogens is 1. The van der Waals surface area contributed by atoms with Crippen LogP contribution in [0.25, 0.3) is 0 Å². The summed E-state index contributed by atoms with van der Waals surface area (Å²) in [4.78, 5) is 21.7. The van der Waals surface area contributed by atoms with Crippen LogP contribution >= 0.6 is 15.9 Å². The number of para-hydroxylation sites is 1. The molecule has 2 N–H and O–H groups in total. The van der Waals surface area contributed by atoms with Crippen LogP contribution in [0.4, 0.5) is 0 Å². The van der Waals surface area contributed by atoms with Gasteiger partial charge in [-0.3, -0.25) is 9.59 Å². The molecule has 5 nitrogen and oxygen atoms in total. The lowest BCUT2D eigenvalue weighted by molar-refractivity contribution is -0.137. The maximum Gasteiger partial charge on any atom is 0.303 e. The minimum Gasteiger partial charge on any atom is -0.492 e. The van der Waals surface area contributed by atoms with E-state index in [0.29, 0.717) is 32.4 Å². The van der Waals surface area contributed by atoms with Crippen molar-refractivity contribution in [3.63, 3.8) is 0 Å². The third kappa shape index (κ3) is 7.13. The summed E-state index contributed by atoms with van der Waals surface area (Å²) >= 11 is 3.38. The van der Waals surface area contributed by atoms with Gasteiger partial charge in [0, 0.05) is 19.4 Å². The number of aliphatic carboxylic acids is 1. The second-order valence-corrected chi connectivity index (χ2v) is 5.08. The van der Waals surface area contributed by atoms with Gasteiger partial charge in [0.05, 0.1) is 11.1 Å². The van der Waals surface area contributed by atoms with Gasteiger partial charge in [0.1, 0.15) is 5.75 Å². The first-order chi connectivity index (χ1) is 9.59. The molecule has 0 spiro atoms. The number of ether oxygens (including phenoxy) is 1. The van der Waals surface area contributed by atoms with Crippen LogP contribution in [-0.2, 0) is 9.59 Å². The van der Waals surface area contributed by atoms with E-state index in [4.69, 9.17) is 9.84 Å². The van der Waals surface area contributed by atoms with Gasteiger partial charge in [0.15, 0.2) is 0 Å². The summed E-state index contributed by atoms with van der Waals surface area (Å²) < 4.78 is 6.43. The third-order valence-corrected chi connectivity index (χ3v) is 3.19. The van der Waals surface area contributed by atoms with E-state index in [1.807, 2.05) is 24.3 Å². The van der Waals surface area contributed by atoms with E-state index in [-0.39, 0.29) is 12.3 Å². The summed E-state index contributed by atoms with van der Waals surface area (Å²) in [5.41, 5.74) is 0. The van der Waals surface area contributed by atoms with Crippen molar-refractivity contribution in [1.82, 2.24) is 5.32 Å².